The first kappa shape index (κ1) is 28.8. The van der Waals surface area contributed by atoms with Gasteiger partial charge in [0.1, 0.15) is 34.8 Å². The van der Waals surface area contributed by atoms with Gasteiger partial charge in [-0.3, -0.25) is 4.90 Å². The molecule has 4 fully saturated rings. The Kier molecular flexibility index (Phi) is 6.87. The van der Waals surface area contributed by atoms with Gasteiger partial charge in [-0.15, -0.1) is 11.3 Å². The largest absolute Gasteiger partial charge is 0.461 e. The lowest BCUT2D eigenvalue weighted by Gasteiger charge is -2.34. The van der Waals surface area contributed by atoms with Crippen LogP contribution in [-0.2, 0) is 0 Å². The summed E-state index contributed by atoms with van der Waals surface area (Å²) in [5, 5.41) is 14.3. The van der Waals surface area contributed by atoms with Gasteiger partial charge in [0.2, 0.25) is 0 Å². The predicted octanol–water partition coefficient (Wildman–Crippen LogP) is 6.31. The highest BCUT2D eigenvalue weighted by molar-refractivity contribution is 7.23. The molecule has 0 radical (unpaired) electrons. The highest BCUT2D eigenvalue weighted by Crippen LogP contribution is 2.46. The van der Waals surface area contributed by atoms with E-state index in [9.17, 15) is 14.0 Å². The quantitative estimate of drug-likeness (QED) is 0.259. The number of aromatic nitrogens is 2. The summed E-state index contributed by atoms with van der Waals surface area (Å²) in [5.41, 5.74) is 6.76. The van der Waals surface area contributed by atoms with Gasteiger partial charge >= 0.3 is 6.01 Å². The summed E-state index contributed by atoms with van der Waals surface area (Å²) in [5.74, 6) is -0.759. The van der Waals surface area contributed by atoms with Gasteiger partial charge in [-0.1, -0.05) is 17.7 Å². The van der Waals surface area contributed by atoms with Gasteiger partial charge in [0.15, 0.2) is 5.82 Å². The first-order valence-corrected chi connectivity index (χ1v) is 16.3. The standard InChI is InChI=1S/C32H29ClF3N7OS/c33-22-8-20-27(26(36)25(22)19-4-5-23(35)28-24(19)21(11-37)29(38)45-28)40-31(41-30(20)42-13-17-2-3-18(14-42)39-17)44-15-32-6-1-7-43(32)12-16(9-32)10-34/h4-5,8,10,17-18,39H,1-3,6-7,9,12-15,38H2/b16-10-/t17-,18+,32?. The molecular formula is C32H29ClF3N7OS. The van der Waals surface area contributed by atoms with Crippen LogP contribution >= 0.6 is 22.9 Å². The Balaban J connectivity index is 1.28. The molecule has 4 aromatic rings. The van der Waals surface area contributed by atoms with E-state index in [0.717, 1.165) is 49.1 Å². The van der Waals surface area contributed by atoms with E-state index in [1.54, 1.807) is 6.07 Å². The number of rotatable bonds is 5. The lowest BCUT2D eigenvalue weighted by atomic mass is 9.94. The first-order valence-electron chi connectivity index (χ1n) is 15.1. The lowest BCUT2D eigenvalue weighted by molar-refractivity contribution is 0.108. The number of nitrogens with two attached hydrogens (primary N) is 1. The molecule has 0 saturated carbocycles. The number of ether oxygens (including phenoxy) is 1. The van der Waals surface area contributed by atoms with Crippen molar-refractivity contribution in [2.24, 2.45) is 0 Å². The number of fused-ring (bicyclic) bond motifs is 5. The average Bonchev–Trinajstić information content (AvgIpc) is 3.77. The lowest BCUT2D eigenvalue weighted by Crippen LogP contribution is -2.51. The first-order chi connectivity index (χ1) is 21.8. The SMILES string of the molecule is N#Cc1c(N)sc2c(F)ccc(-c3c(Cl)cc4c(N5C[C@H]6CC[C@@H](C5)N6)nc(OCC56CCCN5C/C(=C\F)C6)nc4c3F)c12. The number of nitrogen functional groups attached to an aromatic ring is 1. The van der Waals surface area contributed by atoms with Crippen molar-refractivity contribution in [2.75, 3.05) is 43.4 Å². The molecule has 4 saturated heterocycles. The summed E-state index contributed by atoms with van der Waals surface area (Å²) in [6.45, 7) is 3.03. The van der Waals surface area contributed by atoms with Crippen LogP contribution < -0.4 is 20.7 Å². The second-order valence-electron chi connectivity index (χ2n) is 12.6. The number of benzene rings is 2. The second kappa shape index (κ2) is 10.7. The zero-order chi connectivity index (χ0) is 31.0. The monoisotopic (exact) mass is 651 g/mol. The molecule has 0 aliphatic carbocycles. The van der Waals surface area contributed by atoms with Crippen molar-refractivity contribution in [1.29, 1.82) is 5.26 Å². The number of anilines is 2. The number of nitrogens with one attached hydrogen (secondary N) is 1. The van der Waals surface area contributed by atoms with Crippen molar-refractivity contribution in [3.05, 3.63) is 52.3 Å². The number of hydrogen-bond acceptors (Lipinski definition) is 9. The Labute approximate surface area is 266 Å². The summed E-state index contributed by atoms with van der Waals surface area (Å²) in [4.78, 5) is 13.8. The molecule has 3 atom stereocenters. The zero-order valence-electron chi connectivity index (χ0n) is 24.2. The van der Waals surface area contributed by atoms with E-state index in [2.05, 4.69) is 20.1 Å². The summed E-state index contributed by atoms with van der Waals surface area (Å²) < 4.78 is 51.7. The van der Waals surface area contributed by atoms with E-state index in [4.69, 9.17) is 27.1 Å². The minimum atomic E-state index is -0.727. The van der Waals surface area contributed by atoms with E-state index in [0.29, 0.717) is 43.6 Å². The van der Waals surface area contributed by atoms with Crippen LogP contribution in [0.1, 0.15) is 37.7 Å². The molecule has 3 N–H and O–H groups in total. The molecular weight excluding hydrogens is 623 g/mol. The van der Waals surface area contributed by atoms with Gasteiger partial charge < -0.3 is 20.7 Å². The van der Waals surface area contributed by atoms with Crippen LogP contribution in [0, 0.1) is 23.0 Å². The minimum absolute atomic E-state index is 0.00599. The van der Waals surface area contributed by atoms with Crippen molar-refractivity contribution < 1.29 is 17.9 Å². The Morgan fingerprint density at radius 3 is 2.80 bits per heavy atom. The number of hydrogen-bond donors (Lipinski definition) is 2. The average molecular weight is 652 g/mol. The van der Waals surface area contributed by atoms with Gasteiger partial charge in [-0.05, 0) is 61.9 Å². The summed E-state index contributed by atoms with van der Waals surface area (Å²) >= 11 is 7.77. The third-order valence-electron chi connectivity index (χ3n) is 9.87. The van der Waals surface area contributed by atoms with Crippen LogP contribution in [0.25, 0.3) is 32.1 Å². The molecule has 4 aliphatic rings. The molecule has 8 nitrogen and oxygen atoms in total. The van der Waals surface area contributed by atoms with Gasteiger partial charge in [0.25, 0.3) is 0 Å². The topological polar surface area (TPSA) is 103 Å². The fraction of sp³-hybridized carbons (Fsp3) is 0.406. The number of nitriles is 1. The third-order valence-corrected chi connectivity index (χ3v) is 11.2. The maximum Gasteiger partial charge on any atom is 0.319 e. The molecule has 2 bridgehead atoms. The maximum atomic E-state index is 16.9. The molecule has 6 heterocycles. The molecule has 4 aliphatic heterocycles. The highest BCUT2D eigenvalue weighted by Gasteiger charge is 2.47. The van der Waals surface area contributed by atoms with Gasteiger partial charge in [0, 0.05) is 48.1 Å². The van der Waals surface area contributed by atoms with Crippen LogP contribution in [0.2, 0.25) is 5.02 Å². The Bertz CT molecular complexity index is 1950. The van der Waals surface area contributed by atoms with Crippen LogP contribution in [0.15, 0.2) is 30.1 Å². The van der Waals surface area contributed by atoms with E-state index in [1.807, 2.05) is 6.07 Å². The van der Waals surface area contributed by atoms with Crippen molar-refractivity contribution in [3.8, 4) is 23.2 Å². The van der Waals surface area contributed by atoms with Crippen molar-refractivity contribution in [3.63, 3.8) is 0 Å². The third kappa shape index (κ3) is 4.54. The zero-order valence-corrected chi connectivity index (χ0v) is 25.7. The number of nitrogens with zero attached hydrogens (tertiary/aromatic N) is 5. The smallest absolute Gasteiger partial charge is 0.319 e. The fourth-order valence-corrected chi connectivity index (χ4v) is 9.09. The number of piperazine rings is 1. The molecule has 0 spiro atoms. The van der Waals surface area contributed by atoms with Crippen molar-refractivity contribution in [2.45, 2.75) is 49.7 Å². The van der Waals surface area contributed by atoms with Crippen LogP contribution in [0.5, 0.6) is 6.01 Å². The van der Waals surface area contributed by atoms with Crippen LogP contribution in [0.4, 0.5) is 24.0 Å². The molecule has 232 valence electrons. The van der Waals surface area contributed by atoms with Gasteiger partial charge in [-0.25, -0.2) is 13.2 Å². The Morgan fingerprint density at radius 1 is 1.24 bits per heavy atom. The predicted molar refractivity (Wildman–Crippen MR) is 169 cm³/mol. The molecule has 2 aromatic heterocycles. The Hall–Kier alpha value is -3.63. The molecule has 0 amide bonds. The summed E-state index contributed by atoms with van der Waals surface area (Å²) in [6, 6.07) is 6.91. The fourth-order valence-electron chi connectivity index (χ4n) is 7.84. The van der Waals surface area contributed by atoms with E-state index < -0.39 is 11.6 Å². The summed E-state index contributed by atoms with van der Waals surface area (Å²) in [6.07, 6.45) is 5.17. The minimum Gasteiger partial charge on any atom is -0.461 e. The Morgan fingerprint density at radius 2 is 2.04 bits per heavy atom. The molecule has 1 unspecified atom stereocenters. The normalized spacial score (nSPS) is 25.5. The van der Waals surface area contributed by atoms with Gasteiger partial charge in [-0.2, -0.15) is 15.2 Å². The summed E-state index contributed by atoms with van der Waals surface area (Å²) in [7, 11) is 0. The molecule has 2 aromatic carbocycles. The van der Waals surface area contributed by atoms with E-state index >= 15 is 4.39 Å². The van der Waals surface area contributed by atoms with Crippen molar-refractivity contribution in [1.82, 2.24) is 20.2 Å². The van der Waals surface area contributed by atoms with Crippen molar-refractivity contribution >= 4 is 54.7 Å². The van der Waals surface area contributed by atoms with Crippen LogP contribution in [-0.4, -0.2) is 65.3 Å². The van der Waals surface area contributed by atoms with E-state index in [-0.39, 0.29) is 72.6 Å². The second-order valence-corrected chi connectivity index (χ2v) is 14.0. The van der Waals surface area contributed by atoms with Gasteiger partial charge in [0.05, 0.1) is 27.2 Å². The van der Waals surface area contributed by atoms with E-state index in [1.165, 1.54) is 12.1 Å². The molecule has 13 heteroatoms. The maximum absolute atomic E-state index is 16.9. The van der Waals surface area contributed by atoms with Crippen LogP contribution in [0.3, 0.4) is 0 Å². The molecule has 8 rings (SSSR count). The number of thiophene rings is 1. The number of halogens is 4. The highest BCUT2D eigenvalue weighted by atomic mass is 35.5. The molecule has 45 heavy (non-hydrogen) atoms.